The monoisotopic (exact) mass is 295 g/mol. The first-order chi connectivity index (χ1) is 9.13. The maximum absolute atomic E-state index is 10.2. The van der Waals surface area contributed by atoms with Gasteiger partial charge in [0.1, 0.15) is 0 Å². The summed E-state index contributed by atoms with van der Waals surface area (Å²) in [4.78, 5) is 0. The van der Waals surface area contributed by atoms with Crippen LogP contribution in [-0.2, 0) is 10.8 Å². The minimum atomic E-state index is -1.82. The molecule has 3 nitrogen and oxygen atoms in total. The molecule has 0 heterocycles. The zero-order chi connectivity index (χ0) is 15.4. The van der Waals surface area contributed by atoms with Gasteiger partial charge in [0, 0.05) is 6.04 Å². The molecule has 114 valence electrons. The molecule has 1 aromatic rings. The van der Waals surface area contributed by atoms with Gasteiger partial charge in [-0.25, -0.2) is 0 Å². The molecule has 0 bridgehead atoms. The molecule has 4 heteroatoms. The van der Waals surface area contributed by atoms with E-state index in [4.69, 9.17) is 10.2 Å². The van der Waals surface area contributed by atoms with Crippen molar-refractivity contribution >= 4 is 8.32 Å². The molecule has 0 aromatic heterocycles. The van der Waals surface area contributed by atoms with Gasteiger partial charge in [-0.05, 0) is 30.1 Å². The summed E-state index contributed by atoms with van der Waals surface area (Å²) in [5.41, 5.74) is 7.22. The summed E-state index contributed by atoms with van der Waals surface area (Å²) in [5.74, 6) is 0. The van der Waals surface area contributed by atoms with Gasteiger partial charge in [0.15, 0.2) is 8.32 Å². The highest BCUT2D eigenvalue weighted by Gasteiger charge is 2.37. The third kappa shape index (κ3) is 5.02. The Hall–Kier alpha value is -0.683. The minimum absolute atomic E-state index is 0.149. The zero-order valence-corrected chi connectivity index (χ0v) is 14.4. The molecule has 2 atom stereocenters. The first kappa shape index (κ1) is 17.4. The maximum atomic E-state index is 10.2. The van der Waals surface area contributed by atoms with Crippen molar-refractivity contribution in [1.82, 2.24) is 0 Å². The van der Waals surface area contributed by atoms with E-state index in [-0.39, 0.29) is 11.1 Å². The number of hydrogen-bond donors (Lipinski definition) is 2. The van der Waals surface area contributed by atoms with Crippen molar-refractivity contribution in [1.29, 1.82) is 0 Å². The highest BCUT2D eigenvalue weighted by molar-refractivity contribution is 6.74. The normalized spacial score (nSPS) is 15.9. The number of aliphatic hydroxyl groups excluding tert-OH is 1. The minimum Gasteiger partial charge on any atom is -0.414 e. The second-order valence-electron chi connectivity index (χ2n) is 6.99. The molecule has 0 radical (unpaired) electrons. The van der Waals surface area contributed by atoms with Crippen molar-refractivity contribution < 1.29 is 9.53 Å². The molecule has 1 rings (SSSR count). The number of aliphatic hydroxyl groups is 1. The van der Waals surface area contributed by atoms with E-state index in [1.165, 1.54) is 0 Å². The first-order valence-corrected chi connectivity index (χ1v) is 10.2. The number of hydrogen-bond acceptors (Lipinski definition) is 3. The largest absolute Gasteiger partial charge is 0.414 e. The molecule has 1 aromatic carbocycles. The fourth-order valence-electron chi connectivity index (χ4n) is 1.66. The molecule has 3 N–H and O–H groups in total. The summed E-state index contributed by atoms with van der Waals surface area (Å²) >= 11 is 0. The van der Waals surface area contributed by atoms with Crippen LogP contribution in [0, 0.1) is 0 Å². The van der Waals surface area contributed by atoms with E-state index in [0.29, 0.717) is 13.0 Å². The van der Waals surface area contributed by atoms with Crippen LogP contribution in [-0.4, -0.2) is 32.2 Å². The van der Waals surface area contributed by atoms with Crippen LogP contribution in [0.3, 0.4) is 0 Å². The van der Waals surface area contributed by atoms with Crippen LogP contribution < -0.4 is 5.73 Å². The molecule has 0 spiro atoms. The summed E-state index contributed by atoms with van der Waals surface area (Å²) in [6, 6.07) is 9.72. The standard InChI is InChI=1S/C16H29NO2Si/c1-16(2,3)20(4,5)19-12-15(18)14(17)11-13-9-7-6-8-10-13/h6-10,14-15,18H,11-12,17H2,1-5H3/t14-,15+/m0/s1. The van der Waals surface area contributed by atoms with E-state index < -0.39 is 14.4 Å². The van der Waals surface area contributed by atoms with Crippen LogP contribution in [0.15, 0.2) is 30.3 Å². The van der Waals surface area contributed by atoms with E-state index in [1.54, 1.807) is 0 Å². The zero-order valence-electron chi connectivity index (χ0n) is 13.4. The van der Waals surface area contributed by atoms with Gasteiger partial charge in [-0.3, -0.25) is 0 Å². The van der Waals surface area contributed by atoms with Gasteiger partial charge in [-0.15, -0.1) is 0 Å². The van der Waals surface area contributed by atoms with Gasteiger partial charge in [0.25, 0.3) is 0 Å². The van der Waals surface area contributed by atoms with Gasteiger partial charge in [-0.2, -0.15) is 0 Å². The summed E-state index contributed by atoms with van der Waals surface area (Å²) in [6.45, 7) is 11.3. The van der Waals surface area contributed by atoms with Gasteiger partial charge >= 0.3 is 0 Å². The van der Waals surface area contributed by atoms with E-state index in [1.807, 2.05) is 30.3 Å². The van der Waals surface area contributed by atoms with E-state index in [2.05, 4.69) is 33.9 Å². The first-order valence-electron chi connectivity index (χ1n) is 7.25. The van der Waals surface area contributed by atoms with Gasteiger partial charge in [0.2, 0.25) is 0 Å². The van der Waals surface area contributed by atoms with Crippen LogP contribution in [0.2, 0.25) is 18.1 Å². The summed E-state index contributed by atoms with van der Waals surface area (Å²) in [5, 5.41) is 10.3. The molecule has 0 saturated carbocycles. The molecule has 0 aliphatic heterocycles. The summed E-state index contributed by atoms with van der Waals surface area (Å²) in [7, 11) is -1.82. The number of rotatable bonds is 6. The topological polar surface area (TPSA) is 55.5 Å². The second-order valence-corrected chi connectivity index (χ2v) is 11.8. The highest BCUT2D eigenvalue weighted by atomic mass is 28.4. The third-order valence-corrected chi connectivity index (χ3v) is 8.73. The smallest absolute Gasteiger partial charge is 0.192 e. The molecule has 0 fully saturated rings. The van der Waals surface area contributed by atoms with Crippen molar-refractivity contribution in [2.24, 2.45) is 5.73 Å². The molecule has 20 heavy (non-hydrogen) atoms. The quantitative estimate of drug-likeness (QED) is 0.793. The molecule has 0 amide bonds. The fraction of sp³-hybridized carbons (Fsp3) is 0.625. The Morgan fingerprint density at radius 3 is 2.25 bits per heavy atom. The average Bonchev–Trinajstić information content (AvgIpc) is 2.35. The van der Waals surface area contributed by atoms with Crippen LogP contribution in [0.1, 0.15) is 26.3 Å². The number of benzene rings is 1. The summed E-state index contributed by atoms with van der Waals surface area (Å²) in [6.07, 6.45) is 0.0485. The van der Waals surface area contributed by atoms with E-state index >= 15 is 0 Å². The third-order valence-electron chi connectivity index (χ3n) is 4.23. The van der Waals surface area contributed by atoms with Crippen LogP contribution in [0.4, 0.5) is 0 Å². The Balaban J connectivity index is 2.49. The Kier molecular flexibility index (Phi) is 5.95. The van der Waals surface area contributed by atoms with Crippen molar-refractivity contribution in [2.75, 3.05) is 6.61 Å². The molecular formula is C16H29NO2Si. The highest BCUT2D eigenvalue weighted by Crippen LogP contribution is 2.36. The molecule has 0 aliphatic rings. The van der Waals surface area contributed by atoms with E-state index in [0.717, 1.165) is 5.56 Å². The van der Waals surface area contributed by atoms with Crippen molar-refractivity contribution in [2.45, 2.75) is 57.5 Å². The Labute approximate surface area is 124 Å². The second kappa shape index (κ2) is 6.85. The van der Waals surface area contributed by atoms with Crippen LogP contribution in [0.5, 0.6) is 0 Å². The molecular weight excluding hydrogens is 266 g/mol. The molecule has 0 unspecified atom stereocenters. The lowest BCUT2D eigenvalue weighted by molar-refractivity contribution is 0.0787. The Morgan fingerprint density at radius 1 is 1.20 bits per heavy atom. The van der Waals surface area contributed by atoms with Crippen LogP contribution >= 0.6 is 0 Å². The van der Waals surface area contributed by atoms with Crippen molar-refractivity contribution in [3.8, 4) is 0 Å². The van der Waals surface area contributed by atoms with Gasteiger partial charge in [0.05, 0.1) is 12.7 Å². The van der Waals surface area contributed by atoms with Gasteiger partial charge in [-0.1, -0.05) is 51.1 Å². The predicted molar refractivity (Wildman–Crippen MR) is 87.3 cm³/mol. The van der Waals surface area contributed by atoms with Crippen LogP contribution in [0.25, 0.3) is 0 Å². The lowest BCUT2D eigenvalue weighted by atomic mass is 10.0. The Morgan fingerprint density at radius 2 is 1.75 bits per heavy atom. The van der Waals surface area contributed by atoms with Crippen molar-refractivity contribution in [3.63, 3.8) is 0 Å². The lowest BCUT2D eigenvalue weighted by Gasteiger charge is -2.37. The predicted octanol–water partition coefficient (Wildman–Crippen LogP) is 2.94. The van der Waals surface area contributed by atoms with E-state index in [9.17, 15) is 5.11 Å². The molecule has 0 aliphatic carbocycles. The van der Waals surface area contributed by atoms with Gasteiger partial charge < -0.3 is 15.3 Å². The fourth-order valence-corrected chi connectivity index (χ4v) is 2.68. The average molecular weight is 295 g/mol. The Bertz CT molecular complexity index is 401. The SMILES string of the molecule is CC(C)(C)[Si](C)(C)OC[C@@H](O)[C@@H](N)Cc1ccccc1. The maximum Gasteiger partial charge on any atom is 0.192 e. The number of nitrogens with two attached hydrogens (primary N) is 1. The lowest BCUT2D eigenvalue weighted by Crippen LogP contribution is -2.46. The molecule has 0 saturated heterocycles. The summed E-state index contributed by atoms with van der Waals surface area (Å²) < 4.78 is 6.02. The van der Waals surface area contributed by atoms with Crippen molar-refractivity contribution in [3.05, 3.63) is 35.9 Å².